The molecule has 2 aromatic heterocycles. The zero-order valence-corrected chi connectivity index (χ0v) is 11.4. The monoisotopic (exact) mass is 289 g/mol. The van der Waals surface area contributed by atoms with E-state index in [1.807, 2.05) is 12.1 Å². The van der Waals surface area contributed by atoms with Crippen molar-refractivity contribution in [3.05, 3.63) is 48.7 Å². The molecule has 110 valence electrons. The number of ether oxygens (including phenoxy) is 2. The number of pyridine rings is 2. The van der Waals surface area contributed by atoms with Crippen LogP contribution in [0, 0.1) is 5.82 Å². The molecule has 3 rings (SSSR count). The summed E-state index contributed by atoms with van der Waals surface area (Å²) >= 11 is 0. The van der Waals surface area contributed by atoms with E-state index in [-0.39, 0.29) is 18.0 Å². The number of aromatic nitrogens is 2. The fourth-order valence-corrected chi connectivity index (χ4v) is 2.26. The summed E-state index contributed by atoms with van der Waals surface area (Å²) in [7, 11) is 0. The van der Waals surface area contributed by atoms with E-state index < -0.39 is 0 Å². The predicted molar refractivity (Wildman–Crippen MR) is 75.7 cm³/mol. The highest BCUT2D eigenvalue weighted by Crippen LogP contribution is 2.20. The van der Waals surface area contributed by atoms with Crippen molar-refractivity contribution in [1.82, 2.24) is 9.97 Å². The average Bonchev–Trinajstić information content (AvgIpc) is 2.52. The van der Waals surface area contributed by atoms with Gasteiger partial charge < -0.3 is 14.8 Å². The lowest BCUT2D eigenvalue weighted by atomic mass is 10.1. The molecule has 0 aliphatic carbocycles. The third-order valence-electron chi connectivity index (χ3n) is 3.32. The summed E-state index contributed by atoms with van der Waals surface area (Å²) in [4.78, 5) is 7.89. The van der Waals surface area contributed by atoms with E-state index in [0.29, 0.717) is 24.8 Å². The summed E-state index contributed by atoms with van der Waals surface area (Å²) in [5.41, 5.74) is 0.398. The molecule has 1 aliphatic rings. The van der Waals surface area contributed by atoms with Crippen LogP contribution < -0.4 is 10.1 Å². The van der Waals surface area contributed by atoms with Crippen molar-refractivity contribution >= 4 is 5.69 Å². The molecule has 0 radical (unpaired) electrons. The summed E-state index contributed by atoms with van der Waals surface area (Å²) < 4.78 is 25.0. The number of rotatable bonds is 4. The predicted octanol–water partition coefficient (Wildman–Crippen LogP) is 2.26. The Labute approximate surface area is 122 Å². The molecule has 0 amide bonds. The van der Waals surface area contributed by atoms with Gasteiger partial charge in [0.2, 0.25) is 5.88 Å². The molecule has 1 fully saturated rings. The fraction of sp³-hybridized carbons (Fsp3) is 0.333. The summed E-state index contributed by atoms with van der Waals surface area (Å²) in [6.07, 6.45) is 5.01. The quantitative estimate of drug-likeness (QED) is 0.935. The molecular weight excluding hydrogens is 273 g/mol. The highest BCUT2D eigenvalue weighted by Gasteiger charge is 2.28. The van der Waals surface area contributed by atoms with Crippen molar-refractivity contribution in [1.29, 1.82) is 0 Å². The van der Waals surface area contributed by atoms with Crippen molar-refractivity contribution in [2.45, 2.75) is 18.6 Å². The molecule has 0 saturated carbocycles. The third kappa shape index (κ3) is 3.46. The van der Waals surface area contributed by atoms with Gasteiger partial charge in [0.25, 0.3) is 0 Å². The van der Waals surface area contributed by atoms with E-state index in [9.17, 15) is 4.39 Å². The number of hydrogen-bond donors (Lipinski definition) is 1. The van der Waals surface area contributed by atoms with Crippen molar-refractivity contribution in [3.63, 3.8) is 0 Å². The van der Waals surface area contributed by atoms with Crippen LogP contribution >= 0.6 is 0 Å². The van der Waals surface area contributed by atoms with E-state index in [4.69, 9.17) is 9.47 Å². The number of halogens is 1. The van der Waals surface area contributed by atoms with E-state index in [1.165, 1.54) is 6.20 Å². The van der Waals surface area contributed by atoms with Gasteiger partial charge in [-0.3, -0.25) is 4.98 Å². The maximum absolute atomic E-state index is 13.7. The Morgan fingerprint density at radius 2 is 2.24 bits per heavy atom. The molecule has 6 heteroatoms. The van der Waals surface area contributed by atoms with Gasteiger partial charge in [-0.15, -0.1) is 0 Å². The van der Waals surface area contributed by atoms with Gasteiger partial charge in [-0.05, 0) is 12.1 Å². The first-order valence-electron chi connectivity index (χ1n) is 6.84. The van der Waals surface area contributed by atoms with Crippen LogP contribution in [0.25, 0.3) is 0 Å². The summed E-state index contributed by atoms with van der Waals surface area (Å²) in [5, 5.41) is 3.13. The number of nitrogens with one attached hydrogen (secondary N) is 1. The molecule has 0 spiro atoms. The molecule has 0 unspecified atom stereocenters. The zero-order chi connectivity index (χ0) is 14.5. The highest BCUT2D eigenvalue weighted by molar-refractivity contribution is 5.44. The van der Waals surface area contributed by atoms with Crippen LogP contribution in [0.1, 0.15) is 6.42 Å². The maximum Gasteiger partial charge on any atom is 0.213 e. The summed E-state index contributed by atoms with van der Waals surface area (Å²) in [6, 6.07) is 6.96. The molecule has 0 bridgehead atoms. The van der Waals surface area contributed by atoms with Crippen LogP contribution in [0.2, 0.25) is 0 Å². The molecule has 21 heavy (non-hydrogen) atoms. The minimum atomic E-state index is -0.389. The second kappa shape index (κ2) is 6.49. The molecule has 1 N–H and O–H groups in total. The number of anilines is 1. The lowest BCUT2D eigenvalue weighted by molar-refractivity contribution is 0.0129. The van der Waals surface area contributed by atoms with Crippen LogP contribution in [-0.2, 0) is 4.74 Å². The van der Waals surface area contributed by atoms with Crippen LogP contribution in [0.5, 0.6) is 5.88 Å². The molecule has 0 aromatic carbocycles. The molecule has 1 saturated heterocycles. The first kappa shape index (κ1) is 13.8. The van der Waals surface area contributed by atoms with E-state index in [1.54, 1.807) is 24.5 Å². The first-order valence-corrected chi connectivity index (χ1v) is 6.84. The molecule has 5 nitrogen and oxygen atoms in total. The second-order valence-corrected chi connectivity index (χ2v) is 4.79. The van der Waals surface area contributed by atoms with E-state index in [2.05, 4.69) is 15.3 Å². The second-order valence-electron chi connectivity index (χ2n) is 4.79. The number of nitrogens with zero attached hydrogens (tertiary/aromatic N) is 2. The fourth-order valence-electron chi connectivity index (χ4n) is 2.26. The van der Waals surface area contributed by atoms with Crippen LogP contribution in [0.4, 0.5) is 10.1 Å². The molecule has 3 heterocycles. The van der Waals surface area contributed by atoms with E-state index in [0.717, 1.165) is 6.42 Å². The van der Waals surface area contributed by atoms with E-state index >= 15 is 0 Å². The summed E-state index contributed by atoms with van der Waals surface area (Å²) in [5.74, 6) is 0.172. The van der Waals surface area contributed by atoms with Crippen molar-refractivity contribution in [2.24, 2.45) is 0 Å². The molecule has 2 atom stereocenters. The molecule has 2 aromatic rings. The molecular formula is C15H16FN3O2. The topological polar surface area (TPSA) is 56.3 Å². The SMILES string of the molecule is Fc1cnccc1N[C@@H]1COCC[C@H]1Oc1ccccn1. The minimum Gasteiger partial charge on any atom is -0.472 e. The van der Waals surface area contributed by atoms with Crippen molar-refractivity contribution < 1.29 is 13.9 Å². The molecule has 1 aliphatic heterocycles. The Hall–Kier alpha value is -2.21. The largest absolute Gasteiger partial charge is 0.472 e. The van der Waals surface area contributed by atoms with Gasteiger partial charge >= 0.3 is 0 Å². The summed E-state index contributed by atoms with van der Waals surface area (Å²) in [6.45, 7) is 1.08. The normalized spacial score (nSPS) is 21.8. The number of hydrogen-bond acceptors (Lipinski definition) is 5. The minimum absolute atomic E-state index is 0.124. The highest BCUT2D eigenvalue weighted by atomic mass is 19.1. The van der Waals surface area contributed by atoms with Gasteiger partial charge in [-0.2, -0.15) is 0 Å². The van der Waals surface area contributed by atoms with Gasteiger partial charge in [0.15, 0.2) is 5.82 Å². The average molecular weight is 289 g/mol. The van der Waals surface area contributed by atoms with Crippen LogP contribution in [0.15, 0.2) is 42.9 Å². The standard InChI is InChI=1S/C15H16FN3O2/c16-11-9-17-7-4-12(11)19-13-10-20-8-5-14(13)21-15-3-1-2-6-18-15/h1-4,6-7,9,13-14H,5,8,10H2,(H,17,19)/t13-,14-/m1/s1. The van der Waals surface area contributed by atoms with Gasteiger partial charge in [0.1, 0.15) is 6.10 Å². The Kier molecular flexibility index (Phi) is 4.25. The van der Waals surface area contributed by atoms with Gasteiger partial charge in [0.05, 0.1) is 31.1 Å². The Bertz CT molecular complexity index is 582. The van der Waals surface area contributed by atoms with Gasteiger partial charge in [-0.1, -0.05) is 6.07 Å². The lowest BCUT2D eigenvalue weighted by Gasteiger charge is -2.32. The van der Waals surface area contributed by atoms with Gasteiger partial charge in [0, 0.05) is 24.9 Å². The van der Waals surface area contributed by atoms with Crippen LogP contribution in [0.3, 0.4) is 0 Å². The van der Waals surface area contributed by atoms with Crippen LogP contribution in [-0.4, -0.2) is 35.3 Å². The van der Waals surface area contributed by atoms with Gasteiger partial charge in [-0.25, -0.2) is 9.37 Å². The van der Waals surface area contributed by atoms with Crippen molar-refractivity contribution in [3.8, 4) is 5.88 Å². The first-order chi connectivity index (χ1) is 10.3. The zero-order valence-electron chi connectivity index (χ0n) is 11.4. The maximum atomic E-state index is 13.7. The van der Waals surface area contributed by atoms with Crippen molar-refractivity contribution in [2.75, 3.05) is 18.5 Å². The Morgan fingerprint density at radius 1 is 1.29 bits per heavy atom. The Morgan fingerprint density at radius 3 is 3.05 bits per heavy atom. The Balaban J connectivity index is 1.71. The lowest BCUT2D eigenvalue weighted by Crippen LogP contribution is -2.46. The third-order valence-corrected chi connectivity index (χ3v) is 3.32. The smallest absolute Gasteiger partial charge is 0.213 e.